The average molecular weight is 269 g/mol. The van der Waals surface area contributed by atoms with Crippen molar-refractivity contribution in [2.24, 2.45) is 11.7 Å². The summed E-state index contributed by atoms with van der Waals surface area (Å²) in [5.41, 5.74) is 7.71. The lowest BCUT2D eigenvalue weighted by Gasteiger charge is -2.11. The molecule has 4 heteroatoms. The molecule has 0 aliphatic rings. The molecule has 0 aliphatic heterocycles. The number of nitrogens with two attached hydrogens (primary N) is 1. The molecule has 0 saturated carbocycles. The normalized spacial score (nSPS) is 14.2. The summed E-state index contributed by atoms with van der Waals surface area (Å²) in [6.45, 7) is 4.70. The summed E-state index contributed by atoms with van der Waals surface area (Å²) in [4.78, 5) is 0. The van der Waals surface area contributed by atoms with E-state index in [0.717, 1.165) is 29.1 Å². The topological polar surface area (TPSA) is 52.3 Å². The van der Waals surface area contributed by atoms with Gasteiger partial charge in [0.2, 0.25) is 0 Å². The van der Waals surface area contributed by atoms with Gasteiger partial charge in [-0.15, -0.1) is 0 Å². The van der Waals surface area contributed by atoms with Gasteiger partial charge in [0, 0.05) is 34.4 Å². The lowest BCUT2D eigenvalue weighted by atomic mass is 10.1. The van der Waals surface area contributed by atoms with E-state index in [1.54, 1.807) is 7.11 Å². The molecule has 0 aliphatic carbocycles. The molecule has 0 amide bonds. The number of benzene rings is 1. The predicted octanol–water partition coefficient (Wildman–Crippen LogP) is 2.45. The van der Waals surface area contributed by atoms with Crippen molar-refractivity contribution in [2.45, 2.75) is 32.6 Å². The lowest BCUT2D eigenvalue weighted by molar-refractivity contribution is 0.409. The Bertz CT molecular complexity index is 407. The molecular weight excluding hydrogens is 246 g/mol. The van der Waals surface area contributed by atoms with Crippen molar-refractivity contribution in [3.05, 3.63) is 29.3 Å². The largest absolute Gasteiger partial charge is 0.496 e. The van der Waals surface area contributed by atoms with Crippen LogP contribution in [0.4, 0.5) is 0 Å². The van der Waals surface area contributed by atoms with Gasteiger partial charge < -0.3 is 10.5 Å². The number of hydrogen-bond acceptors (Lipinski definition) is 3. The van der Waals surface area contributed by atoms with E-state index in [0.29, 0.717) is 18.2 Å². The van der Waals surface area contributed by atoms with E-state index >= 15 is 0 Å². The van der Waals surface area contributed by atoms with Crippen LogP contribution in [0.2, 0.25) is 0 Å². The highest BCUT2D eigenvalue weighted by Gasteiger charge is 2.09. The van der Waals surface area contributed by atoms with E-state index in [1.165, 1.54) is 0 Å². The second-order valence-corrected chi connectivity index (χ2v) is 6.12. The van der Waals surface area contributed by atoms with Crippen LogP contribution in [0.25, 0.3) is 0 Å². The summed E-state index contributed by atoms with van der Waals surface area (Å²) in [6, 6.07) is 5.86. The first-order chi connectivity index (χ1) is 8.60. The molecule has 18 heavy (non-hydrogen) atoms. The van der Waals surface area contributed by atoms with Gasteiger partial charge in [-0.2, -0.15) is 0 Å². The van der Waals surface area contributed by atoms with E-state index in [9.17, 15) is 4.21 Å². The highest BCUT2D eigenvalue weighted by molar-refractivity contribution is 7.84. The average Bonchev–Trinajstić information content (AvgIpc) is 2.38. The second-order valence-electron chi connectivity index (χ2n) is 4.61. The maximum absolute atomic E-state index is 12.0. The Balaban J connectivity index is 2.70. The minimum atomic E-state index is -0.801. The SMILES string of the molecule is CCC(C)CS(=O)Cc1ccc(OC)c(CN)c1. The molecule has 0 heterocycles. The van der Waals surface area contributed by atoms with Crippen LogP contribution in [0.3, 0.4) is 0 Å². The molecule has 0 saturated heterocycles. The minimum absolute atomic E-state index is 0.439. The van der Waals surface area contributed by atoms with E-state index in [-0.39, 0.29) is 0 Å². The zero-order valence-corrected chi connectivity index (χ0v) is 12.3. The maximum atomic E-state index is 12.0. The van der Waals surface area contributed by atoms with Crippen molar-refractivity contribution in [1.82, 2.24) is 0 Å². The number of rotatable bonds is 7. The number of hydrogen-bond donors (Lipinski definition) is 1. The van der Waals surface area contributed by atoms with Crippen LogP contribution in [0, 0.1) is 5.92 Å². The highest BCUT2D eigenvalue weighted by atomic mass is 32.2. The van der Waals surface area contributed by atoms with Gasteiger partial charge >= 0.3 is 0 Å². The van der Waals surface area contributed by atoms with Gasteiger partial charge in [0.15, 0.2) is 0 Å². The van der Waals surface area contributed by atoms with Gasteiger partial charge in [-0.1, -0.05) is 26.3 Å². The Kier molecular flexibility index (Phi) is 6.36. The second kappa shape index (κ2) is 7.54. The van der Waals surface area contributed by atoms with Crippen molar-refractivity contribution in [3.63, 3.8) is 0 Å². The fourth-order valence-corrected chi connectivity index (χ4v) is 3.30. The molecule has 1 aromatic rings. The van der Waals surface area contributed by atoms with Gasteiger partial charge in [-0.3, -0.25) is 4.21 Å². The van der Waals surface area contributed by atoms with Crippen molar-refractivity contribution in [3.8, 4) is 5.75 Å². The summed E-state index contributed by atoms with van der Waals surface area (Å²) in [5, 5.41) is 0. The van der Waals surface area contributed by atoms with Gasteiger partial charge in [0.05, 0.1) is 7.11 Å². The number of ether oxygens (including phenoxy) is 1. The number of methoxy groups -OCH3 is 1. The molecule has 2 N–H and O–H groups in total. The van der Waals surface area contributed by atoms with Crippen molar-refractivity contribution in [2.75, 3.05) is 12.9 Å². The van der Waals surface area contributed by atoms with Crippen LogP contribution >= 0.6 is 0 Å². The quantitative estimate of drug-likeness (QED) is 0.827. The van der Waals surface area contributed by atoms with Crippen LogP contribution in [-0.4, -0.2) is 17.1 Å². The van der Waals surface area contributed by atoms with E-state index in [1.807, 2.05) is 18.2 Å². The Morgan fingerprint density at radius 1 is 1.44 bits per heavy atom. The molecule has 1 rings (SSSR count). The summed E-state index contributed by atoms with van der Waals surface area (Å²) in [6.07, 6.45) is 1.07. The third kappa shape index (κ3) is 4.42. The summed E-state index contributed by atoms with van der Waals surface area (Å²) in [5.74, 6) is 2.67. The first-order valence-electron chi connectivity index (χ1n) is 6.31. The van der Waals surface area contributed by atoms with Crippen molar-refractivity contribution < 1.29 is 8.95 Å². The minimum Gasteiger partial charge on any atom is -0.496 e. The summed E-state index contributed by atoms with van der Waals surface area (Å²) < 4.78 is 17.2. The van der Waals surface area contributed by atoms with Crippen molar-refractivity contribution in [1.29, 1.82) is 0 Å². The molecular formula is C14H23NO2S. The zero-order chi connectivity index (χ0) is 13.5. The third-order valence-electron chi connectivity index (χ3n) is 3.06. The molecule has 0 fully saturated rings. The van der Waals surface area contributed by atoms with Crippen LogP contribution in [0.1, 0.15) is 31.4 Å². The summed E-state index contributed by atoms with van der Waals surface area (Å²) in [7, 11) is 0.833. The van der Waals surface area contributed by atoms with E-state index in [4.69, 9.17) is 10.5 Å². The highest BCUT2D eigenvalue weighted by Crippen LogP contribution is 2.20. The predicted molar refractivity (Wildman–Crippen MR) is 77.1 cm³/mol. The van der Waals surface area contributed by atoms with Gasteiger partial charge in [0.25, 0.3) is 0 Å². The molecule has 0 radical (unpaired) electrons. The lowest BCUT2D eigenvalue weighted by Crippen LogP contribution is -2.09. The molecule has 102 valence electrons. The smallest absolute Gasteiger partial charge is 0.123 e. The molecule has 2 unspecified atom stereocenters. The Morgan fingerprint density at radius 3 is 2.72 bits per heavy atom. The monoisotopic (exact) mass is 269 g/mol. The van der Waals surface area contributed by atoms with Crippen LogP contribution in [-0.2, 0) is 23.1 Å². The third-order valence-corrected chi connectivity index (χ3v) is 4.66. The molecule has 0 bridgehead atoms. The van der Waals surface area contributed by atoms with Gasteiger partial charge in [-0.25, -0.2) is 0 Å². The summed E-state index contributed by atoms with van der Waals surface area (Å²) >= 11 is 0. The van der Waals surface area contributed by atoms with E-state index in [2.05, 4.69) is 13.8 Å². The van der Waals surface area contributed by atoms with Crippen LogP contribution < -0.4 is 10.5 Å². The molecule has 0 spiro atoms. The zero-order valence-electron chi connectivity index (χ0n) is 11.4. The first-order valence-corrected chi connectivity index (χ1v) is 7.80. The standard InChI is InChI=1S/C14H23NO2S/c1-4-11(2)9-18(16)10-12-5-6-14(17-3)13(7-12)8-15/h5-7,11H,4,8-10,15H2,1-3H3. The van der Waals surface area contributed by atoms with Crippen LogP contribution in [0.5, 0.6) is 5.75 Å². The fourth-order valence-electron chi connectivity index (χ4n) is 1.76. The Morgan fingerprint density at radius 2 is 2.17 bits per heavy atom. The van der Waals surface area contributed by atoms with Gasteiger partial charge in [0.1, 0.15) is 5.75 Å². The molecule has 0 aromatic heterocycles. The van der Waals surface area contributed by atoms with Crippen LogP contribution in [0.15, 0.2) is 18.2 Å². The molecule has 3 nitrogen and oxygen atoms in total. The molecule has 2 atom stereocenters. The van der Waals surface area contributed by atoms with Gasteiger partial charge in [-0.05, 0) is 23.6 Å². The Labute approximate surface area is 112 Å². The molecule has 1 aromatic carbocycles. The van der Waals surface area contributed by atoms with Crippen molar-refractivity contribution >= 4 is 10.8 Å². The first kappa shape index (κ1) is 15.2. The maximum Gasteiger partial charge on any atom is 0.123 e. The fraction of sp³-hybridized carbons (Fsp3) is 0.571. The Hall–Kier alpha value is -0.870. The van der Waals surface area contributed by atoms with E-state index < -0.39 is 10.8 Å².